The van der Waals surface area contributed by atoms with E-state index in [1.165, 1.54) is 4.90 Å². The first kappa shape index (κ1) is 19.3. The Balaban J connectivity index is 1.73. The normalized spacial score (nSPS) is 26.0. The lowest BCUT2D eigenvalue weighted by atomic mass is 9.94. The van der Waals surface area contributed by atoms with Gasteiger partial charge in [0.2, 0.25) is 10.0 Å². The highest BCUT2D eigenvalue weighted by atomic mass is 32.2. The van der Waals surface area contributed by atoms with Crippen molar-refractivity contribution in [2.75, 3.05) is 46.3 Å². The largest absolute Gasteiger partial charge is 0.334 e. The van der Waals surface area contributed by atoms with Gasteiger partial charge in [0.15, 0.2) is 0 Å². The van der Waals surface area contributed by atoms with Gasteiger partial charge >= 0.3 is 0 Å². The van der Waals surface area contributed by atoms with Crippen LogP contribution >= 0.6 is 0 Å². The van der Waals surface area contributed by atoms with Crippen LogP contribution in [0.1, 0.15) is 30.6 Å². The maximum atomic E-state index is 12.9. The van der Waals surface area contributed by atoms with Gasteiger partial charge in [0.05, 0.1) is 38.1 Å². The second kappa shape index (κ2) is 7.66. The van der Waals surface area contributed by atoms with Gasteiger partial charge < -0.3 is 9.80 Å². The minimum Gasteiger partial charge on any atom is -0.334 e. The summed E-state index contributed by atoms with van der Waals surface area (Å²) >= 11 is 0. The molecule has 2 heterocycles. The summed E-state index contributed by atoms with van der Waals surface area (Å²) in [6, 6.07) is 6.45. The van der Waals surface area contributed by atoms with Crippen molar-refractivity contribution in [1.29, 1.82) is 0 Å². The Labute approximate surface area is 156 Å². The van der Waals surface area contributed by atoms with Gasteiger partial charge in [-0.2, -0.15) is 4.31 Å². The van der Waals surface area contributed by atoms with Gasteiger partial charge in [-0.1, -0.05) is 13.8 Å². The fourth-order valence-electron chi connectivity index (χ4n) is 3.99. The van der Waals surface area contributed by atoms with Crippen molar-refractivity contribution >= 4 is 15.9 Å². The van der Waals surface area contributed by atoms with Crippen LogP contribution in [0.3, 0.4) is 0 Å². The van der Waals surface area contributed by atoms with Crippen LogP contribution in [-0.4, -0.2) is 69.8 Å². The van der Waals surface area contributed by atoms with Crippen LogP contribution in [-0.2, 0) is 10.0 Å². The number of benzene rings is 1. The van der Waals surface area contributed by atoms with Crippen molar-refractivity contribution in [1.82, 2.24) is 9.21 Å². The standard InChI is InChI=1S/C19H29N3O3S/c1-15-12-16(2)14-22(13-15)26(24,25)18-6-4-17(5-7-18)19(23)21-10-8-20(3)9-11-21/h4-7,15-16H,8-14H2,1-3H3/p+1/t15-,16+. The zero-order valence-electron chi connectivity index (χ0n) is 15.9. The molecule has 1 aromatic carbocycles. The molecule has 1 N–H and O–H groups in total. The number of rotatable bonds is 3. The van der Waals surface area contributed by atoms with Gasteiger partial charge in [-0.3, -0.25) is 4.79 Å². The molecule has 0 saturated carbocycles. The van der Waals surface area contributed by atoms with Crippen LogP contribution in [0, 0.1) is 11.8 Å². The van der Waals surface area contributed by atoms with Crippen molar-refractivity contribution in [3.63, 3.8) is 0 Å². The first-order valence-electron chi connectivity index (χ1n) is 9.48. The predicted octanol–water partition coefficient (Wildman–Crippen LogP) is 0.324. The van der Waals surface area contributed by atoms with E-state index in [9.17, 15) is 13.2 Å². The van der Waals surface area contributed by atoms with Gasteiger partial charge in [0.25, 0.3) is 5.91 Å². The number of hydrogen-bond acceptors (Lipinski definition) is 3. The van der Waals surface area contributed by atoms with E-state index in [0.29, 0.717) is 30.5 Å². The molecule has 1 amide bonds. The lowest BCUT2D eigenvalue weighted by molar-refractivity contribution is -0.883. The highest BCUT2D eigenvalue weighted by Gasteiger charge is 2.32. The zero-order chi connectivity index (χ0) is 18.9. The van der Waals surface area contributed by atoms with E-state index in [2.05, 4.69) is 20.9 Å². The summed E-state index contributed by atoms with van der Waals surface area (Å²) in [7, 11) is -1.37. The Hall–Kier alpha value is -1.44. The molecule has 2 aliphatic rings. The van der Waals surface area contributed by atoms with Crippen LogP contribution in [0.2, 0.25) is 0 Å². The molecular formula is C19H30N3O3S+. The molecule has 2 aliphatic heterocycles. The van der Waals surface area contributed by atoms with Crippen molar-refractivity contribution < 1.29 is 18.1 Å². The predicted molar refractivity (Wildman–Crippen MR) is 101 cm³/mol. The van der Waals surface area contributed by atoms with Gasteiger partial charge in [0, 0.05) is 18.7 Å². The number of carbonyl (C=O) groups is 1. The third-order valence-corrected chi connectivity index (χ3v) is 7.32. The van der Waals surface area contributed by atoms with Crippen molar-refractivity contribution in [3.05, 3.63) is 29.8 Å². The minimum absolute atomic E-state index is 0.0123. The molecule has 0 radical (unpaired) electrons. The molecule has 26 heavy (non-hydrogen) atoms. The second-order valence-electron chi connectivity index (χ2n) is 8.04. The summed E-state index contributed by atoms with van der Waals surface area (Å²) in [4.78, 5) is 16.2. The van der Waals surface area contributed by atoms with Crippen LogP contribution in [0.15, 0.2) is 29.2 Å². The zero-order valence-corrected chi connectivity index (χ0v) is 16.8. The van der Waals surface area contributed by atoms with E-state index < -0.39 is 10.0 Å². The highest BCUT2D eigenvalue weighted by molar-refractivity contribution is 7.89. The minimum atomic E-state index is -3.50. The summed E-state index contributed by atoms with van der Waals surface area (Å²) < 4.78 is 27.4. The first-order chi connectivity index (χ1) is 12.3. The van der Waals surface area contributed by atoms with Crippen LogP contribution < -0.4 is 4.90 Å². The maximum absolute atomic E-state index is 12.9. The average Bonchev–Trinajstić information content (AvgIpc) is 2.61. The Bertz CT molecular complexity index is 730. The van der Waals surface area contributed by atoms with Gasteiger partial charge in [0.1, 0.15) is 0 Å². The van der Waals surface area contributed by atoms with Crippen LogP contribution in [0.4, 0.5) is 0 Å². The number of amides is 1. The molecule has 0 spiro atoms. The number of likely N-dealkylation sites (N-methyl/N-ethyl adjacent to an activating group) is 1. The van der Waals surface area contributed by atoms with Gasteiger partial charge in [-0.15, -0.1) is 0 Å². The fraction of sp³-hybridized carbons (Fsp3) is 0.632. The number of nitrogens with one attached hydrogen (secondary N) is 1. The Morgan fingerprint density at radius 3 is 2.12 bits per heavy atom. The molecule has 2 atom stereocenters. The highest BCUT2D eigenvalue weighted by Crippen LogP contribution is 2.26. The van der Waals surface area contributed by atoms with E-state index >= 15 is 0 Å². The number of piperazine rings is 1. The molecular weight excluding hydrogens is 350 g/mol. The Morgan fingerprint density at radius 2 is 1.58 bits per heavy atom. The smallest absolute Gasteiger partial charge is 0.254 e. The lowest BCUT2D eigenvalue weighted by Gasteiger charge is -2.34. The van der Waals surface area contributed by atoms with Gasteiger partial charge in [-0.25, -0.2) is 8.42 Å². The summed E-state index contributed by atoms with van der Waals surface area (Å²) in [6.45, 7) is 8.71. The molecule has 0 unspecified atom stereocenters. The number of hydrogen-bond donors (Lipinski definition) is 1. The van der Waals surface area contributed by atoms with Crippen molar-refractivity contribution in [2.45, 2.75) is 25.2 Å². The number of nitrogens with zero attached hydrogens (tertiary/aromatic N) is 2. The number of piperidine rings is 1. The lowest BCUT2D eigenvalue weighted by Crippen LogP contribution is -3.12. The summed E-state index contributed by atoms with van der Waals surface area (Å²) in [6.07, 6.45) is 1.06. The average molecular weight is 381 g/mol. The molecule has 0 aliphatic carbocycles. The van der Waals surface area contributed by atoms with E-state index in [4.69, 9.17) is 0 Å². The summed E-state index contributed by atoms with van der Waals surface area (Å²) in [5.74, 6) is 0.726. The summed E-state index contributed by atoms with van der Waals surface area (Å²) in [5, 5.41) is 0. The molecule has 1 aromatic rings. The molecule has 7 heteroatoms. The topological polar surface area (TPSA) is 62.1 Å². The quantitative estimate of drug-likeness (QED) is 0.822. The molecule has 2 saturated heterocycles. The SMILES string of the molecule is C[C@@H]1C[C@H](C)CN(S(=O)(=O)c2ccc(C(=O)N3CC[NH+](C)CC3)cc2)C1. The van der Waals surface area contributed by atoms with E-state index in [0.717, 1.165) is 32.6 Å². The van der Waals surface area contributed by atoms with Crippen LogP contribution in [0.5, 0.6) is 0 Å². The van der Waals surface area contributed by atoms with Crippen molar-refractivity contribution in [3.8, 4) is 0 Å². The second-order valence-corrected chi connectivity index (χ2v) is 9.98. The van der Waals surface area contributed by atoms with Gasteiger partial charge in [-0.05, 0) is 42.5 Å². The molecule has 3 rings (SSSR count). The summed E-state index contributed by atoms with van der Waals surface area (Å²) in [5.41, 5.74) is 0.559. The third-order valence-electron chi connectivity index (χ3n) is 5.48. The molecule has 0 bridgehead atoms. The Kier molecular flexibility index (Phi) is 5.69. The molecule has 144 valence electrons. The van der Waals surface area contributed by atoms with E-state index in [1.807, 2.05) is 4.90 Å². The number of carbonyl (C=O) groups excluding carboxylic acids is 1. The molecule has 0 aromatic heterocycles. The first-order valence-corrected chi connectivity index (χ1v) is 10.9. The van der Waals surface area contributed by atoms with E-state index in [-0.39, 0.29) is 10.8 Å². The number of quaternary nitrogens is 1. The molecule has 2 fully saturated rings. The molecule has 6 nitrogen and oxygen atoms in total. The Morgan fingerprint density at radius 1 is 1.04 bits per heavy atom. The van der Waals surface area contributed by atoms with Crippen molar-refractivity contribution in [2.24, 2.45) is 11.8 Å². The monoisotopic (exact) mass is 380 g/mol. The van der Waals surface area contributed by atoms with Crippen LogP contribution in [0.25, 0.3) is 0 Å². The maximum Gasteiger partial charge on any atom is 0.254 e. The fourth-order valence-corrected chi connectivity index (χ4v) is 5.67. The van der Waals surface area contributed by atoms with E-state index in [1.54, 1.807) is 28.6 Å². The number of sulfonamides is 1. The third kappa shape index (κ3) is 4.10.